The van der Waals surface area contributed by atoms with E-state index in [4.69, 9.17) is 0 Å². The van der Waals surface area contributed by atoms with Crippen LogP contribution in [0.1, 0.15) is 26.2 Å². The number of carbonyl (C=O) groups excluding carboxylic acids is 1. The van der Waals surface area contributed by atoms with Crippen LogP contribution in [-0.4, -0.2) is 44.0 Å². The summed E-state index contributed by atoms with van der Waals surface area (Å²) in [5, 5.41) is 9.17. The molecule has 23 heavy (non-hydrogen) atoms. The molecule has 0 bridgehead atoms. The minimum Gasteiger partial charge on any atom is -0.481 e. The zero-order valence-electron chi connectivity index (χ0n) is 13.2. The van der Waals surface area contributed by atoms with Gasteiger partial charge in [-0.1, -0.05) is 12.1 Å². The van der Waals surface area contributed by atoms with Crippen LogP contribution < -0.4 is 0 Å². The number of carboxylic acid groups (broad SMARTS) is 1. The second-order valence-corrected chi connectivity index (χ2v) is 6.18. The number of aliphatic carboxylic acids is 1. The maximum absolute atomic E-state index is 12.5. The van der Waals surface area contributed by atoms with Crippen LogP contribution in [0.2, 0.25) is 0 Å². The van der Waals surface area contributed by atoms with Crippen LogP contribution in [-0.2, 0) is 16.1 Å². The van der Waals surface area contributed by atoms with Crippen LogP contribution in [0.25, 0.3) is 11.0 Å². The number of nitrogens with zero attached hydrogens (tertiary/aromatic N) is 3. The zero-order chi connectivity index (χ0) is 16.4. The minimum atomic E-state index is -0.810. The summed E-state index contributed by atoms with van der Waals surface area (Å²) in [5.41, 5.74) is 1.92. The molecule has 122 valence electrons. The molecule has 2 atom stereocenters. The van der Waals surface area contributed by atoms with E-state index in [0.29, 0.717) is 25.9 Å². The fraction of sp³-hybridized carbons (Fsp3) is 0.471. The van der Waals surface area contributed by atoms with E-state index in [1.54, 1.807) is 11.2 Å². The second-order valence-electron chi connectivity index (χ2n) is 6.18. The first-order valence-corrected chi connectivity index (χ1v) is 7.98. The van der Waals surface area contributed by atoms with E-state index in [2.05, 4.69) is 4.98 Å². The Labute approximate surface area is 134 Å². The van der Waals surface area contributed by atoms with Crippen molar-refractivity contribution in [2.75, 3.05) is 6.54 Å². The number of hydrogen-bond acceptors (Lipinski definition) is 3. The third-order valence-corrected chi connectivity index (χ3v) is 4.65. The summed E-state index contributed by atoms with van der Waals surface area (Å²) in [6.45, 7) is 2.86. The van der Waals surface area contributed by atoms with E-state index >= 15 is 0 Å². The van der Waals surface area contributed by atoms with Gasteiger partial charge in [-0.3, -0.25) is 9.59 Å². The molecule has 6 heteroatoms. The first-order chi connectivity index (χ1) is 11.1. The lowest BCUT2D eigenvalue weighted by Crippen LogP contribution is -2.47. The third kappa shape index (κ3) is 3.21. The summed E-state index contributed by atoms with van der Waals surface area (Å²) in [7, 11) is 0. The van der Waals surface area contributed by atoms with Crippen molar-refractivity contribution in [3.8, 4) is 0 Å². The summed E-state index contributed by atoms with van der Waals surface area (Å²) in [6.07, 6.45) is 3.50. The van der Waals surface area contributed by atoms with Crippen LogP contribution in [0.3, 0.4) is 0 Å². The molecule has 2 unspecified atom stereocenters. The van der Waals surface area contributed by atoms with Gasteiger partial charge in [0.15, 0.2) is 0 Å². The van der Waals surface area contributed by atoms with Crippen LogP contribution in [0.15, 0.2) is 30.6 Å². The highest BCUT2D eigenvalue weighted by Gasteiger charge is 2.32. The van der Waals surface area contributed by atoms with E-state index in [9.17, 15) is 14.7 Å². The minimum absolute atomic E-state index is 0.0150. The number of piperidine rings is 1. The quantitative estimate of drug-likeness (QED) is 0.938. The van der Waals surface area contributed by atoms with Gasteiger partial charge < -0.3 is 14.6 Å². The number of aryl methyl sites for hydroxylation is 1. The van der Waals surface area contributed by atoms with Gasteiger partial charge in [0.2, 0.25) is 5.91 Å². The number of para-hydroxylation sites is 2. The molecule has 3 rings (SSSR count). The maximum Gasteiger partial charge on any atom is 0.308 e. The van der Waals surface area contributed by atoms with E-state index < -0.39 is 11.9 Å². The standard InChI is InChI=1S/C17H21N3O3/c1-12-6-7-13(17(22)23)10-20(12)16(21)8-9-19-11-18-14-4-2-3-5-15(14)19/h2-5,11-13H,6-10H2,1H3,(H,22,23). The lowest BCUT2D eigenvalue weighted by atomic mass is 9.93. The fourth-order valence-electron chi connectivity index (χ4n) is 3.20. The van der Waals surface area contributed by atoms with Crippen molar-refractivity contribution in [2.24, 2.45) is 5.92 Å². The third-order valence-electron chi connectivity index (χ3n) is 4.65. The van der Waals surface area contributed by atoms with Crippen molar-refractivity contribution >= 4 is 22.9 Å². The van der Waals surface area contributed by atoms with Gasteiger partial charge in [0.1, 0.15) is 0 Å². The number of hydrogen-bond donors (Lipinski definition) is 1. The van der Waals surface area contributed by atoms with Crippen molar-refractivity contribution in [1.82, 2.24) is 14.5 Å². The van der Waals surface area contributed by atoms with Crippen molar-refractivity contribution in [1.29, 1.82) is 0 Å². The monoisotopic (exact) mass is 315 g/mol. The smallest absolute Gasteiger partial charge is 0.308 e. The average Bonchev–Trinajstić information content (AvgIpc) is 2.96. The van der Waals surface area contributed by atoms with Gasteiger partial charge in [0, 0.05) is 25.6 Å². The van der Waals surface area contributed by atoms with E-state index in [1.165, 1.54) is 0 Å². The van der Waals surface area contributed by atoms with E-state index in [-0.39, 0.29) is 11.9 Å². The number of rotatable bonds is 4. The molecule has 1 amide bonds. The molecule has 1 aliphatic heterocycles. The summed E-state index contributed by atoms with van der Waals surface area (Å²) < 4.78 is 1.97. The number of amides is 1. The van der Waals surface area contributed by atoms with E-state index in [1.807, 2.05) is 35.8 Å². The number of carbonyl (C=O) groups is 2. The lowest BCUT2D eigenvalue weighted by molar-refractivity contribution is -0.147. The molecule has 0 radical (unpaired) electrons. The Kier molecular flexibility index (Phi) is 4.32. The van der Waals surface area contributed by atoms with E-state index in [0.717, 1.165) is 17.5 Å². The molecule has 1 N–H and O–H groups in total. The molecule has 0 spiro atoms. The normalized spacial score (nSPS) is 21.5. The zero-order valence-corrected chi connectivity index (χ0v) is 13.2. The highest BCUT2D eigenvalue weighted by atomic mass is 16.4. The topological polar surface area (TPSA) is 75.4 Å². The molecule has 1 fully saturated rings. The predicted molar refractivity (Wildman–Crippen MR) is 85.9 cm³/mol. The summed E-state index contributed by atoms with van der Waals surface area (Å²) in [6, 6.07) is 7.92. The van der Waals surface area contributed by atoms with Gasteiger partial charge in [-0.2, -0.15) is 0 Å². The molecule has 2 aromatic rings. The van der Waals surface area contributed by atoms with Gasteiger partial charge in [-0.05, 0) is 31.9 Å². The molecule has 1 aliphatic rings. The molecule has 1 aromatic heterocycles. The molecule has 0 saturated carbocycles. The Hall–Kier alpha value is -2.37. The van der Waals surface area contributed by atoms with Crippen LogP contribution in [0, 0.1) is 5.92 Å². The lowest BCUT2D eigenvalue weighted by Gasteiger charge is -2.36. The van der Waals surface area contributed by atoms with Crippen molar-refractivity contribution in [2.45, 2.75) is 38.8 Å². The number of imidazole rings is 1. The Balaban J connectivity index is 1.65. The summed E-state index contributed by atoms with van der Waals surface area (Å²) in [5.74, 6) is -1.24. The molecule has 0 aliphatic carbocycles. The van der Waals surface area contributed by atoms with Gasteiger partial charge >= 0.3 is 5.97 Å². The van der Waals surface area contributed by atoms with Gasteiger partial charge in [-0.25, -0.2) is 4.98 Å². The van der Waals surface area contributed by atoms with Crippen molar-refractivity contribution in [3.05, 3.63) is 30.6 Å². The maximum atomic E-state index is 12.5. The number of benzene rings is 1. The SMILES string of the molecule is CC1CCC(C(=O)O)CN1C(=O)CCn1cnc2ccccc21. The number of aromatic nitrogens is 2. The first kappa shape index (κ1) is 15.5. The number of fused-ring (bicyclic) bond motifs is 1. The van der Waals surface area contributed by atoms with Crippen LogP contribution in [0.4, 0.5) is 0 Å². The first-order valence-electron chi connectivity index (χ1n) is 7.98. The Morgan fingerprint density at radius 1 is 1.30 bits per heavy atom. The van der Waals surface area contributed by atoms with Crippen molar-refractivity contribution in [3.63, 3.8) is 0 Å². The van der Waals surface area contributed by atoms with Gasteiger partial charge in [0.05, 0.1) is 23.3 Å². The van der Waals surface area contributed by atoms with Crippen LogP contribution in [0.5, 0.6) is 0 Å². The predicted octanol–water partition coefficient (Wildman–Crippen LogP) is 2.14. The molecule has 2 heterocycles. The summed E-state index contributed by atoms with van der Waals surface area (Å²) >= 11 is 0. The Morgan fingerprint density at radius 3 is 2.87 bits per heavy atom. The molecule has 1 saturated heterocycles. The molecule has 1 aromatic carbocycles. The summed E-state index contributed by atoms with van der Waals surface area (Å²) in [4.78, 5) is 29.7. The van der Waals surface area contributed by atoms with Crippen molar-refractivity contribution < 1.29 is 14.7 Å². The Bertz CT molecular complexity index is 725. The largest absolute Gasteiger partial charge is 0.481 e. The molecular weight excluding hydrogens is 294 g/mol. The van der Waals surface area contributed by atoms with Gasteiger partial charge in [0.25, 0.3) is 0 Å². The average molecular weight is 315 g/mol. The Morgan fingerprint density at radius 2 is 2.09 bits per heavy atom. The highest BCUT2D eigenvalue weighted by Crippen LogP contribution is 2.23. The molecule has 6 nitrogen and oxygen atoms in total. The molecular formula is C17H21N3O3. The van der Waals surface area contributed by atoms with Gasteiger partial charge in [-0.15, -0.1) is 0 Å². The fourth-order valence-corrected chi connectivity index (χ4v) is 3.20. The van der Waals surface area contributed by atoms with Crippen LogP contribution >= 0.6 is 0 Å². The second kappa shape index (κ2) is 6.40. The number of likely N-dealkylation sites (tertiary alicyclic amines) is 1. The number of carboxylic acids is 1. The highest BCUT2D eigenvalue weighted by molar-refractivity contribution is 5.79.